The van der Waals surface area contributed by atoms with Crippen molar-refractivity contribution in [2.75, 3.05) is 13.7 Å². The molecule has 4 atom stereocenters. The Labute approximate surface area is 132 Å². The van der Waals surface area contributed by atoms with Gasteiger partial charge in [0.1, 0.15) is 0 Å². The summed E-state index contributed by atoms with van der Waals surface area (Å²) in [5.41, 5.74) is 0.110. The van der Waals surface area contributed by atoms with Crippen LogP contribution in [-0.2, 0) is 4.74 Å². The Bertz CT molecular complexity index is 298. The molecule has 0 amide bonds. The highest BCUT2D eigenvalue weighted by Crippen LogP contribution is 2.43. The standard InChI is InChI=1S/C19H37NO/c1-5-13-20-18(17-10-9-15(2)16(3)14-17)19(21-4)11-7-6-8-12-19/h15-18,20H,5-14H2,1-4H3. The Balaban J connectivity index is 2.12. The molecular weight excluding hydrogens is 258 g/mol. The monoisotopic (exact) mass is 295 g/mol. The SMILES string of the molecule is CCCNC(C1CCC(C)C(C)C1)C1(OC)CCCCC1. The summed E-state index contributed by atoms with van der Waals surface area (Å²) >= 11 is 0. The molecule has 4 unspecified atom stereocenters. The van der Waals surface area contributed by atoms with Gasteiger partial charge in [-0.2, -0.15) is 0 Å². The largest absolute Gasteiger partial charge is 0.377 e. The van der Waals surface area contributed by atoms with E-state index in [2.05, 4.69) is 26.1 Å². The Kier molecular flexibility index (Phi) is 6.55. The van der Waals surface area contributed by atoms with E-state index >= 15 is 0 Å². The summed E-state index contributed by atoms with van der Waals surface area (Å²) in [5.74, 6) is 2.57. The highest BCUT2D eigenvalue weighted by atomic mass is 16.5. The molecule has 0 aliphatic heterocycles. The van der Waals surface area contributed by atoms with Crippen LogP contribution in [0.15, 0.2) is 0 Å². The molecule has 0 spiro atoms. The number of methoxy groups -OCH3 is 1. The lowest BCUT2D eigenvalue weighted by Gasteiger charge is -2.48. The highest BCUT2D eigenvalue weighted by Gasteiger charge is 2.44. The molecule has 0 radical (unpaired) electrons. The van der Waals surface area contributed by atoms with Crippen LogP contribution in [0.5, 0.6) is 0 Å². The smallest absolute Gasteiger partial charge is 0.0833 e. The van der Waals surface area contributed by atoms with Crippen molar-refractivity contribution in [3.63, 3.8) is 0 Å². The fourth-order valence-corrected chi connectivity index (χ4v) is 4.77. The van der Waals surface area contributed by atoms with Crippen LogP contribution in [0.4, 0.5) is 0 Å². The van der Waals surface area contributed by atoms with Crippen molar-refractivity contribution < 1.29 is 4.74 Å². The molecular formula is C19H37NO. The second-order valence-electron chi connectivity index (χ2n) is 7.79. The zero-order chi connectivity index (χ0) is 15.3. The third-order valence-electron chi connectivity index (χ3n) is 6.40. The van der Waals surface area contributed by atoms with Crippen molar-refractivity contribution in [3.05, 3.63) is 0 Å². The van der Waals surface area contributed by atoms with E-state index in [-0.39, 0.29) is 5.60 Å². The van der Waals surface area contributed by atoms with Gasteiger partial charge in [0.05, 0.1) is 5.60 Å². The quantitative estimate of drug-likeness (QED) is 0.761. The van der Waals surface area contributed by atoms with Crippen molar-refractivity contribution in [1.82, 2.24) is 5.32 Å². The van der Waals surface area contributed by atoms with E-state index in [1.165, 1.54) is 57.8 Å². The lowest BCUT2D eigenvalue weighted by Crippen LogP contribution is -2.57. The van der Waals surface area contributed by atoms with Gasteiger partial charge in [-0.15, -0.1) is 0 Å². The zero-order valence-corrected chi connectivity index (χ0v) is 14.8. The van der Waals surface area contributed by atoms with Gasteiger partial charge in [0.25, 0.3) is 0 Å². The third kappa shape index (κ3) is 4.01. The summed E-state index contributed by atoms with van der Waals surface area (Å²) in [6.07, 6.45) is 12.0. The molecule has 0 aromatic heterocycles. The van der Waals surface area contributed by atoms with E-state index in [0.29, 0.717) is 6.04 Å². The molecule has 124 valence electrons. The first-order chi connectivity index (χ1) is 10.1. The summed E-state index contributed by atoms with van der Waals surface area (Å²) in [6.45, 7) is 8.29. The van der Waals surface area contributed by atoms with Crippen LogP contribution in [0.25, 0.3) is 0 Å². The van der Waals surface area contributed by atoms with E-state index in [0.717, 1.165) is 24.3 Å². The van der Waals surface area contributed by atoms with Gasteiger partial charge in [0.2, 0.25) is 0 Å². The molecule has 0 bridgehead atoms. The molecule has 2 fully saturated rings. The van der Waals surface area contributed by atoms with Crippen molar-refractivity contribution >= 4 is 0 Å². The Hall–Kier alpha value is -0.0800. The van der Waals surface area contributed by atoms with Gasteiger partial charge in [-0.1, -0.05) is 46.5 Å². The average Bonchev–Trinajstić information content (AvgIpc) is 2.52. The fraction of sp³-hybridized carbons (Fsp3) is 1.00. The molecule has 0 aromatic rings. The van der Waals surface area contributed by atoms with Gasteiger partial charge in [0, 0.05) is 13.2 Å². The van der Waals surface area contributed by atoms with Crippen LogP contribution in [0.2, 0.25) is 0 Å². The average molecular weight is 296 g/mol. The number of nitrogens with one attached hydrogen (secondary N) is 1. The number of rotatable bonds is 6. The van der Waals surface area contributed by atoms with Gasteiger partial charge < -0.3 is 10.1 Å². The predicted octanol–water partition coefficient (Wildman–Crippen LogP) is 4.78. The third-order valence-corrected chi connectivity index (χ3v) is 6.40. The Morgan fingerprint density at radius 1 is 1.10 bits per heavy atom. The van der Waals surface area contributed by atoms with Gasteiger partial charge in [0.15, 0.2) is 0 Å². The minimum Gasteiger partial charge on any atom is -0.377 e. The number of hydrogen-bond acceptors (Lipinski definition) is 2. The van der Waals surface area contributed by atoms with Crippen LogP contribution in [0.1, 0.15) is 78.6 Å². The molecule has 0 aromatic carbocycles. The van der Waals surface area contributed by atoms with E-state index in [4.69, 9.17) is 4.74 Å². The van der Waals surface area contributed by atoms with E-state index < -0.39 is 0 Å². The van der Waals surface area contributed by atoms with Crippen LogP contribution < -0.4 is 5.32 Å². The summed E-state index contributed by atoms with van der Waals surface area (Å²) in [7, 11) is 1.96. The number of hydrogen-bond donors (Lipinski definition) is 1. The second kappa shape index (κ2) is 7.97. The van der Waals surface area contributed by atoms with Crippen LogP contribution in [0.3, 0.4) is 0 Å². The minimum absolute atomic E-state index is 0.110. The second-order valence-corrected chi connectivity index (χ2v) is 7.79. The van der Waals surface area contributed by atoms with Gasteiger partial charge in [-0.05, 0) is 56.4 Å². The van der Waals surface area contributed by atoms with Gasteiger partial charge in [-0.25, -0.2) is 0 Å². The van der Waals surface area contributed by atoms with Crippen molar-refractivity contribution in [3.8, 4) is 0 Å². The highest BCUT2D eigenvalue weighted by molar-refractivity contribution is 5.00. The van der Waals surface area contributed by atoms with Gasteiger partial charge in [-0.3, -0.25) is 0 Å². The van der Waals surface area contributed by atoms with Gasteiger partial charge >= 0.3 is 0 Å². The van der Waals surface area contributed by atoms with Crippen molar-refractivity contribution in [2.24, 2.45) is 17.8 Å². The molecule has 21 heavy (non-hydrogen) atoms. The fourth-order valence-electron chi connectivity index (χ4n) is 4.77. The Morgan fingerprint density at radius 2 is 1.81 bits per heavy atom. The first kappa shape index (κ1) is 17.3. The number of ether oxygens (including phenoxy) is 1. The molecule has 2 heteroatoms. The molecule has 2 aliphatic carbocycles. The summed E-state index contributed by atoms with van der Waals surface area (Å²) in [5, 5.41) is 3.91. The normalized spacial score (nSPS) is 34.6. The zero-order valence-electron chi connectivity index (χ0n) is 14.8. The molecule has 2 saturated carbocycles. The lowest BCUT2D eigenvalue weighted by molar-refractivity contribution is -0.0886. The molecule has 1 N–H and O–H groups in total. The topological polar surface area (TPSA) is 21.3 Å². The summed E-state index contributed by atoms with van der Waals surface area (Å²) < 4.78 is 6.19. The predicted molar refractivity (Wildman–Crippen MR) is 90.6 cm³/mol. The molecule has 2 nitrogen and oxygen atoms in total. The molecule has 2 rings (SSSR count). The Morgan fingerprint density at radius 3 is 2.38 bits per heavy atom. The summed E-state index contributed by atoms with van der Waals surface area (Å²) in [6, 6.07) is 0.567. The van der Waals surface area contributed by atoms with Crippen LogP contribution >= 0.6 is 0 Å². The molecule has 2 aliphatic rings. The van der Waals surface area contributed by atoms with E-state index in [1.54, 1.807) is 0 Å². The first-order valence-corrected chi connectivity index (χ1v) is 9.41. The molecule has 0 heterocycles. The molecule has 0 saturated heterocycles. The summed E-state index contributed by atoms with van der Waals surface area (Å²) in [4.78, 5) is 0. The van der Waals surface area contributed by atoms with Crippen molar-refractivity contribution in [2.45, 2.75) is 90.2 Å². The minimum atomic E-state index is 0.110. The van der Waals surface area contributed by atoms with Crippen LogP contribution in [0, 0.1) is 17.8 Å². The maximum atomic E-state index is 6.19. The lowest BCUT2D eigenvalue weighted by atomic mass is 9.66. The maximum absolute atomic E-state index is 6.19. The first-order valence-electron chi connectivity index (χ1n) is 9.41. The van der Waals surface area contributed by atoms with E-state index in [9.17, 15) is 0 Å². The van der Waals surface area contributed by atoms with E-state index in [1.807, 2.05) is 7.11 Å². The maximum Gasteiger partial charge on any atom is 0.0833 e. The van der Waals surface area contributed by atoms with Crippen LogP contribution in [-0.4, -0.2) is 25.3 Å². The van der Waals surface area contributed by atoms with Crippen molar-refractivity contribution in [1.29, 1.82) is 0 Å².